The molecule has 0 aliphatic carbocycles. The Morgan fingerprint density at radius 3 is 2.36 bits per heavy atom. The van der Waals surface area contributed by atoms with Crippen LogP contribution in [0.25, 0.3) is 0 Å². The summed E-state index contributed by atoms with van der Waals surface area (Å²) in [4.78, 5) is 13.0. The Balaban J connectivity index is 0.000000218. The summed E-state index contributed by atoms with van der Waals surface area (Å²) in [5.74, 6) is -0.833. The molecule has 1 aromatic rings. The second kappa shape index (κ2) is 5.15. The number of carbonyl (C=O) groups is 1. The molecule has 0 aromatic carbocycles. The zero-order valence-electron chi connectivity index (χ0n) is 6.24. The Hall–Kier alpha value is -0.550. The second-order valence-electron chi connectivity index (χ2n) is 1.79. The summed E-state index contributed by atoms with van der Waals surface area (Å²) in [6, 6.07) is 0. The first-order valence-electron chi connectivity index (χ1n) is 2.83. The van der Waals surface area contributed by atoms with E-state index in [1.165, 1.54) is 0 Å². The lowest BCUT2D eigenvalue weighted by molar-refractivity contribution is -0.134. The number of hydrogen-bond acceptors (Lipinski definition) is 4. The molecule has 5 heteroatoms. The third kappa shape index (κ3) is 7.35. The Labute approximate surface area is 74.5 Å². The van der Waals surface area contributed by atoms with Crippen molar-refractivity contribution >= 4 is 29.9 Å². The monoisotopic (exact) mass is 191 g/mol. The first kappa shape index (κ1) is 10.4. The Morgan fingerprint density at radius 1 is 1.82 bits per heavy atom. The molecule has 0 radical (unpaired) electrons. The van der Waals surface area contributed by atoms with Gasteiger partial charge in [0.15, 0.2) is 0 Å². The van der Waals surface area contributed by atoms with E-state index in [9.17, 15) is 0 Å². The highest BCUT2D eigenvalue weighted by molar-refractivity contribution is 7.82. The summed E-state index contributed by atoms with van der Waals surface area (Å²) >= 11 is 5.57. The van der Waals surface area contributed by atoms with Gasteiger partial charge in [-0.1, -0.05) is 0 Å². The predicted molar refractivity (Wildman–Crippen MR) is 47.4 cm³/mol. The lowest BCUT2D eigenvalue weighted by Crippen LogP contribution is -1.78. The number of aliphatic carboxylic acids is 1. The SMILES string of the molecule is CC(=O)O.Cc1csc(S)n1. The zero-order chi connectivity index (χ0) is 8.85. The molecule has 0 aliphatic rings. The quantitative estimate of drug-likeness (QED) is 0.615. The van der Waals surface area contributed by atoms with Crippen molar-refractivity contribution in [3.8, 4) is 0 Å². The van der Waals surface area contributed by atoms with Gasteiger partial charge in [0.05, 0.1) is 0 Å². The number of aromatic nitrogens is 1. The van der Waals surface area contributed by atoms with Crippen LogP contribution in [-0.2, 0) is 4.79 Å². The van der Waals surface area contributed by atoms with Crippen LogP contribution in [0.5, 0.6) is 0 Å². The van der Waals surface area contributed by atoms with E-state index < -0.39 is 5.97 Å². The van der Waals surface area contributed by atoms with E-state index in [0.29, 0.717) is 0 Å². The Morgan fingerprint density at radius 2 is 2.27 bits per heavy atom. The molecule has 3 nitrogen and oxygen atoms in total. The van der Waals surface area contributed by atoms with Crippen LogP contribution in [-0.4, -0.2) is 16.1 Å². The fourth-order valence-corrected chi connectivity index (χ4v) is 1.18. The van der Waals surface area contributed by atoms with Gasteiger partial charge in [0.25, 0.3) is 5.97 Å². The normalized spacial score (nSPS) is 8.27. The van der Waals surface area contributed by atoms with Gasteiger partial charge in [-0.25, -0.2) is 4.98 Å². The van der Waals surface area contributed by atoms with Crippen LogP contribution in [0, 0.1) is 6.92 Å². The molecule has 62 valence electrons. The van der Waals surface area contributed by atoms with Crippen LogP contribution >= 0.6 is 24.0 Å². The molecule has 0 amide bonds. The van der Waals surface area contributed by atoms with Crippen LogP contribution in [0.1, 0.15) is 12.6 Å². The number of rotatable bonds is 0. The Kier molecular flexibility index (Phi) is 4.89. The maximum absolute atomic E-state index is 9.00. The number of carboxylic acids is 1. The molecule has 1 aromatic heterocycles. The highest BCUT2D eigenvalue weighted by atomic mass is 32.2. The van der Waals surface area contributed by atoms with Gasteiger partial charge in [0, 0.05) is 18.0 Å². The largest absolute Gasteiger partial charge is 0.481 e. The summed E-state index contributed by atoms with van der Waals surface area (Å²) < 4.78 is 0.845. The van der Waals surface area contributed by atoms with E-state index in [0.717, 1.165) is 17.0 Å². The third-order valence-corrected chi connectivity index (χ3v) is 1.78. The zero-order valence-corrected chi connectivity index (χ0v) is 7.95. The standard InChI is InChI=1S/C4H5NS2.C2H4O2/c1-3-2-7-4(6)5-3;1-2(3)4/h2H,1H3,(H,5,6);1H3,(H,3,4). The van der Waals surface area contributed by atoms with Crippen molar-refractivity contribution < 1.29 is 9.90 Å². The maximum atomic E-state index is 9.00. The van der Waals surface area contributed by atoms with Crippen molar-refractivity contribution in [2.24, 2.45) is 0 Å². The molecular formula is C6H9NO2S2. The highest BCUT2D eigenvalue weighted by Crippen LogP contribution is 2.11. The van der Waals surface area contributed by atoms with Gasteiger partial charge >= 0.3 is 0 Å². The van der Waals surface area contributed by atoms with Gasteiger partial charge in [0.2, 0.25) is 0 Å². The molecule has 0 unspecified atom stereocenters. The fourth-order valence-electron chi connectivity index (χ4n) is 0.342. The van der Waals surface area contributed by atoms with E-state index in [4.69, 9.17) is 9.90 Å². The van der Waals surface area contributed by atoms with Crippen LogP contribution in [0.2, 0.25) is 0 Å². The molecule has 1 heterocycles. The van der Waals surface area contributed by atoms with Gasteiger partial charge in [0.1, 0.15) is 4.34 Å². The smallest absolute Gasteiger partial charge is 0.300 e. The average Bonchev–Trinajstić information content (AvgIpc) is 2.13. The number of aryl methyl sites for hydroxylation is 1. The minimum absolute atomic E-state index is 0.833. The number of thiol groups is 1. The molecule has 0 atom stereocenters. The molecule has 1 N–H and O–H groups in total. The third-order valence-electron chi connectivity index (χ3n) is 0.607. The van der Waals surface area contributed by atoms with Crippen LogP contribution in [0.3, 0.4) is 0 Å². The summed E-state index contributed by atoms with van der Waals surface area (Å²) in [6.07, 6.45) is 0. The topological polar surface area (TPSA) is 50.2 Å². The molecule has 0 fully saturated rings. The molecule has 11 heavy (non-hydrogen) atoms. The van der Waals surface area contributed by atoms with Gasteiger partial charge in [-0.2, -0.15) is 0 Å². The van der Waals surface area contributed by atoms with E-state index in [1.807, 2.05) is 12.3 Å². The second-order valence-corrected chi connectivity index (χ2v) is 3.37. The van der Waals surface area contributed by atoms with Crippen molar-refractivity contribution in [3.05, 3.63) is 11.1 Å². The van der Waals surface area contributed by atoms with Crippen molar-refractivity contribution in [3.63, 3.8) is 0 Å². The number of carboxylic acid groups (broad SMARTS) is 1. The van der Waals surface area contributed by atoms with E-state index in [2.05, 4.69) is 17.6 Å². The highest BCUT2D eigenvalue weighted by Gasteiger charge is 1.87. The summed E-state index contributed by atoms with van der Waals surface area (Å²) in [6.45, 7) is 3.04. The maximum Gasteiger partial charge on any atom is 0.300 e. The molecule has 0 saturated heterocycles. The van der Waals surface area contributed by atoms with Gasteiger partial charge in [-0.05, 0) is 6.92 Å². The van der Waals surface area contributed by atoms with Crippen LogP contribution in [0.4, 0.5) is 0 Å². The summed E-state index contributed by atoms with van der Waals surface area (Å²) in [5, 5.41) is 9.39. The van der Waals surface area contributed by atoms with Crippen molar-refractivity contribution in [2.75, 3.05) is 0 Å². The van der Waals surface area contributed by atoms with Crippen LogP contribution in [0.15, 0.2) is 9.72 Å². The molecule has 1 rings (SSSR count). The molecule has 0 bridgehead atoms. The number of thiazole rings is 1. The lowest BCUT2D eigenvalue weighted by atomic mass is 10.6. The lowest BCUT2D eigenvalue weighted by Gasteiger charge is -1.70. The minimum Gasteiger partial charge on any atom is -0.481 e. The van der Waals surface area contributed by atoms with E-state index in [-0.39, 0.29) is 0 Å². The summed E-state index contributed by atoms with van der Waals surface area (Å²) in [7, 11) is 0. The fraction of sp³-hybridized carbons (Fsp3) is 0.333. The van der Waals surface area contributed by atoms with E-state index in [1.54, 1.807) is 11.3 Å². The number of hydrogen-bond donors (Lipinski definition) is 2. The number of nitrogens with zero attached hydrogens (tertiary/aromatic N) is 1. The molecule has 0 saturated carbocycles. The molecular weight excluding hydrogens is 182 g/mol. The summed E-state index contributed by atoms with van der Waals surface area (Å²) in [5.41, 5.74) is 1.05. The minimum atomic E-state index is -0.833. The van der Waals surface area contributed by atoms with Crippen LogP contribution < -0.4 is 0 Å². The van der Waals surface area contributed by atoms with Crippen molar-refractivity contribution in [1.82, 2.24) is 4.98 Å². The first-order valence-corrected chi connectivity index (χ1v) is 4.15. The molecule has 0 aliphatic heterocycles. The predicted octanol–water partition coefficient (Wildman–Crippen LogP) is 1.83. The van der Waals surface area contributed by atoms with E-state index >= 15 is 0 Å². The van der Waals surface area contributed by atoms with Gasteiger partial charge < -0.3 is 5.11 Å². The molecule has 0 spiro atoms. The van der Waals surface area contributed by atoms with Gasteiger partial charge in [-0.15, -0.1) is 24.0 Å². The van der Waals surface area contributed by atoms with Crippen molar-refractivity contribution in [1.29, 1.82) is 0 Å². The Bertz CT molecular complexity index is 214. The van der Waals surface area contributed by atoms with Gasteiger partial charge in [-0.3, -0.25) is 4.79 Å². The van der Waals surface area contributed by atoms with Crippen molar-refractivity contribution in [2.45, 2.75) is 18.2 Å². The first-order chi connectivity index (χ1) is 5.02. The average molecular weight is 191 g/mol.